The molecule has 2 aromatic heterocycles. The molecule has 0 N–H and O–H groups in total. The molecule has 0 amide bonds. The molecule has 0 aromatic carbocycles. The van der Waals surface area contributed by atoms with Gasteiger partial charge in [-0.1, -0.05) is 39.8 Å². The molecule has 112 valence electrons. The Morgan fingerprint density at radius 3 is 2.62 bits per heavy atom. The molecule has 2 aromatic rings. The summed E-state index contributed by atoms with van der Waals surface area (Å²) in [5.74, 6) is 1.48. The van der Waals surface area contributed by atoms with Crippen LogP contribution < -0.4 is 0 Å². The molecular formula is C18H25N3. The van der Waals surface area contributed by atoms with Crippen LogP contribution in [0.1, 0.15) is 63.5 Å². The van der Waals surface area contributed by atoms with Gasteiger partial charge in [-0.3, -0.25) is 0 Å². The smallest absolute Gasteiger partial charge is 0.153 e. The zero-order valence-electron chi connectivity index (χ0n) is 13.3. The lowest BCUT2D eigenvalue weighted by Crippen LogP contribution is -2.01. The number of hydrogen-bond donors (Lipinski definition) is 0. The van der Waals surface area contributed by atoms with Gasteiger partial charge in [0.25, 0.3) is 0 Å². The fourth-order valence-corrected chi connectivity index (χ4v) is 2.56. The van der Waals surface area contributed by atoms with Crippen LogP contribution >= 0.6 is 0 Å². The molecule has 0 saturated carbocycles. The average Bonchev–Trinajstić information content (AvgIpc) is 3.02. The van der Waals surface area contributed by atoms with E-state index in [4.69, 9.17) is 0 Å². The van der Waals surface area contributed by atoms with Crippen molar-refractivity contribution in [3.63, 3.8) is 0 Å². The van der Waals surface area contributed by atoms with Gasteiger partial charge in [0.2, 0.25) is 0 Å². The molecule has 0 bridgehead atoms. The Hall–Kier alpha value is -1.90. The summed E-state index contributed by atoms with van der Waals surface area (Å²) in [6.07, 6.45) is 10.4. The molecule has 0 spiro atoms. The van der Waals surface area contributed by atoms with E-state index in [-0.39, 0.29) is 0 Å². The van der Waals surface area contributed by atoms with Crippen molar-refractivity contribution in [2.45, 2.75) is 52.4 Å². The second-order valence-electron chi connectivity index (χ2n) is 5.47. The summed E-state index contributed by atoms with van der Waals surface area (Å²) in [5.41, 5.74) is 3.51. The summed E-state index contributed by atoms with van der Waals surface area (Å²) in [6, 6.07) is 4.24. The Morgan fingerprint density at radius 2 is 2.05 bits per heavy atom. The lowest BCUT2D eigenvalue weighted by molar-refractivity contribution is 0.593. The highest BCUT2D eigenvalue weighted by Crippen LogP contribution is 2.24. The Bertz CT molecular complexity index is 581. The largest absolute Gasteiger partial charge is 0.237 e. The van der Waals surface area contributed by atoms with Crippen molar-refractivity contribution in [1.29, 1.82) is 0 Å². The third-order valence-corrected chi connectivity index (χ3v) is 4.02. The maximum atomic E-state index is 4.57. The first kappa shape index (κ1) is 15.5. The molecule has 0 aliphatic carbocycles. The summed E-state index contributed by atoms with van der Waals surface area (Å²) in [5, 5.41) is 4.38. The van der Waals surface area contributed by atoms with Crippen LogP contribution in [0.3, 0.4) is 0 Å². The SMILES string of the molecule is C=C(CC)c1cnn(-c2ccc(C(CC)CCC)cn2)c1. The van der Waals surface area contributed by atoms with E-state index < -0.39 is 0 Å². The topological polar surface area (TPSA) is 30.7 Å². The van der Waals surface area contributed by atoms with E-state index in [0.29, 0.717) is 5.92 Å². The van der Waals surface area contributed by atoms with E-state index in [0.717, 1.165) is 29.8 Å². The highest BCUT2D eigenvalue weighted by Gasteiger charge is 2.10. The zero-order valence-corrected chi connectivity index (χ0v) is 13.3. The summed E-state index contributed by atoms with van der Waals surface area (Å²) >= 11 is 0. The normalized spacial score (nSPS) is 12.3. The van der Waals surface area contributed by atoms with Gasteiger partial charge in [-0.05, 0) is 42.4 Å². The lowest BCUT2D eigenvalue weighted by atomic mass is 9.93. The van der Waals surface area contributed by atoms with Crippen LogP contribution in [0.4, 0.5) is 0 Å². The van der Waals surface area contributed by atoms with Crippen molar-refractivity contribution < 1.29 is 0 Å². The highest BCUT2D eigenvalue weighted by atomic mass is 15.3. The summed E-state index contributed by atoms with van der Waals surface area (Å²) in [6.45, 7) is 10.6. The molecule has 1 unspecified atom stereocenters. The van der Waals surface area contributed by atoms with Crippen LogP contribution in [-0.2, 0) is 0 Å². The van der Waals surface area contributed by atoms with Gasteiger partial charge in [0.15, 0.2) is 5.82 Å². The van der Waals surface area contributed by atoms with Crippen molar-refractivity contribution in [3.8, 4) is 5.82 Å². The van der Waals surface area contributed by atoms with E-state index >= 15 is 0 Å². The minimum atomic E-state index is 0.615. The molecular weight excluding hydrogens is 258 g/mol. The third-order valence-electron chi connectivity index (χ3n) is 4.02. The number of pyridine rings is 1. The molecule has 0 aliphatic rings. The predicted octanol–water partition coefficient (Wildman–Crippen LogP) is 4.98. The summed E-state index contributed by atoms with van der Waals surface area (Å²) < 4.78 is 1.82. The minimum absolute atomic E-state index is 0.615. The predicted molar refractivity (Wildman–Crippen MR) is 88.6 cm³/mol. The van der Waals surface area contributed by atoms with Crippen LogP contribution in [0, 0.1) is 0 Å². The number of aromatic nitrogens is 3. The molecule has 21 heavy (non-hydrogen) atoms. The first-order valence-electron chi connectivity index (χ1n) is 7.88. The fraction of sp³-hybridized carbons (Fsp3) is 0.444. The average molecular weight is 283 g/mol. The van der Waals surface area contributed by atoms with Gasteiger partial charge >= 0.3 is 0 Å². The quantitative estimate of drug-likeness (QED) is 0.717. The number of rotatable bonds is 7. The van der Waals surface area contributed by atoms with Crippen molar-refractivity contribution in [1.82, 2.24) is 14.8 Å². The summed E-state index contributed by atoms with van der Waals surface area (Å²) in [4.78, 5) is 4.57. The van der Waals surface area contributed by atoms with E-state index in [9.17, 15) is 0 Å². The Kier molecular flexibility index (Phi) is 5.32. The fourth-order valence-electron chi connectivity index (χ4n) is 2.56. The van der Waals surface area contributed by atoms with Gasteiger partial charge in [0.05, 0.1) is 6.20 Å². The Labute approximate surface area is 127 Å². The maximum Gasteiger partial charge on any atom is 0.153 e. The third kappa shape index (κ3) is 3.60. The van der Waals surface area contributed by atoms with E-state index in [2.05, 4.69) is 49.6 Å². The van der Waals surface area contributed by atoms with Crippen LogP contribution in [0.5, 0.6) is 0 Å². The highest BCUT2D eigenvalue weighted by molar-refractivity contribution is 5.61. The number of allylic oxidation sites excluding steroid dienone is 1. The van der Waals surface area contributed by atoms with Crippen LogP contribution in [0.2, 0.25) is 0 Å². The molecule has 1 atom stereocenters. The Balaban J connectivity index is 2.18. The molecule has 0 saturated heterocycles. The molecule has 2 heterocycles. The van der Waals surface area contributed by atoms with Gasteiger partial charge in [0.1, 0.15) is 0 Å². The van der Waals surface area contributed by atoms with E-state index in [1.165, 1.54) is 18.4 Å². The zero-order chi connectivity index (χ0) is 15.2. The molecule has 3 nitrogen and oxygen atoms in total. The monoisotopic (exact) mass is 283 g/mol. The van der Waals surface area contributed by atoms with Gasteiger partial charge < -0.3 is 0 Å². The molecule has 0 aliphatic heterocycles. The molecule has 2 rings (SSSR count). The van der Waals surface area contributed by atoms with Gasteiger partial charge in [-0.15, -0.1) is 0 Å². The van der Waals surface area contributed by atoms with Crippen molar-refractivity contribution in [2.75, 3.05) is 0 Å². The molecule has 0 fully saturated rings. The van der Waals surface area contributed by atoms with Crippen molar-refractivity contribution in [2.24, 2.45) is 0 Å². The first-order chi connectivity index (χ1) is 10.2. The maximum absolute atomic E-state index is 4.57. The van der Waals surface area contributed by atoms with Crippen LogP contribution in [-0.4, -0.2) is 14.8 Å². The van der Waals surface area contributed by atoms with Crippen LogP contribution in [0.15, 0.2) is 37.3 Å². The van der Waals surface area contributed by atoms with Crippen molar-refractivity contribution >= 4 is 5.57 Å². The number of hydrogen-bond acceptors (Lipinski definition) is 2. The van der Waals surface area contributed by atoms with Gasteiger partial charge in [0, 0.05) is 18.0 Å². The standard InChI is InChI=1S/C18H25N3/c1-5-8-15(7-3)16-9-10-18(19-11-16)21-13-17(12-20-21)14(4)6-2/h9-13,15H,4-8H2,1-3H3. The van der Waals surface area contributed by atoms with Crippen molar-refractivity contribution in [3.05, 3.63) is 48.4 Å². The van der Waals surface area contributed by atoms with E-state index in [1.807, 2.05) is 23.3 Å². The molecule has 0 radical (unpaired) electrons. The summed E-state index contributed by atoms with van der Waals surface area (Å²) in [7, 11) is 0. The van der Waals surface area contributed by atoms with Gasteiger partial charge in [-0.25, -0.2) is 9.67 Å². The second-order valence-corrected chi connectivity index (χ2v) is 5.47. The van der Waals surface area contributed by atoms with E-state index in [1.54, 1.807) is 0 Å². The number of nitrogens with zero attached hydrogens (tertiary/aromatic N) is 3. The first-order valence-corrected chi connectivity index (χ1v) is 7.88. The second kappa shape index (κ2) is 7.21. The van der Waals surface area contributed by atoms with Crippen LogP contribution in [0.25, 0.3) is 11.4 Å². The minimum Gasteiger partial charge on any atom is -0.237 e. The lowest BCUT2D eigenvalue weighted by Gasteiger charge is -2.14. The Morgan fingerprint density at radius 1 is 1.24 bits per heavy atom. The molecule has 3 heteroatoms. The van der Waals surface area contributed by atoms with Gasteiger partial charge in [-0.2, -0.15) is 5.10 Å².